The van der Waals surface area contributed by atoms with Gasteiger partial charge in [-0.25, -0.2) is 0 Å². The lowest BCUT2D eigenvalue weighted by Gasteiger charge is -2.14. The molecule has 1 rings (SSSR count). The van der Waals surface area contributed by atoms with Crippen LogP contribution in [0.3, 0.4) is 0 Å². The van der Waals surface area contributed by atoms with E-state index < -0.39 is 0 Å². The summed E-state index contributed by atoms with van der Waals surface area (Å²) in [5.74, 6) is 0.974. The first kappa shape index (κ1) is 14.5. The Bertz CT molecular complexity index is 414. The molecule has 0 radical (unpaired) electrons. The van der Waals surface area contributed by atoms with Gasteiger partial charge in [0.25, 0.3) is 0 Å². The van der Waals surface area contributed by atoms with Crippen molar-refractivity contribution >= 4 is 11.6 Å². The second kappa shape index (κ2) is 6.40. The highest BCUT2D eigenvalue weighted by atomic mass is 16.5. The smallest absolute Gasteiger partial charge is 0.226 e. The van der Waals surface area contributed by atoms with Gasteiger partial charge in [0, 0.05) is 12.5 Å². The predicted octanol–water partition coefficient (Wildman–Crippen LogP) is 2.49. The maximum Gasteiger partial charge on any atom is 0.226 e. The molecule has 0 aliphatic carbocycles. The number of benzene rings is 1. The number of hydrogen-bond donors (Lipinski definition) is 2. The highest BCUT2D eigenvalue weighted by Crippen LogP contribution is 2.28. The van der Waals surface area contributed by atoms with Crippen molar-refractivity contribution in [2.45, 2.75) is 39.2 Å². The molecule has 3 N–H and O–H groups in total. The van der Waals surface area contributed by atoms with Crippen LogP contribution in [0.25, 0.3) is 0 Å². The van der Waals surface area contributed by atoms with Crippen LogP contribution in [0.2, 0.25) is 0 Å². The van der Waals surface area contributed by atoms with Crippen LogP contribution in [0.4, 0.5) is 5.69 Å². The first-order valence-electron chi connectivity index (χ1n) is 6.17. The number of amides is 1. The van der Waals surface area contributed by atoms with Gasteiger partial charge in [-0.2, -0.15) is 0 Å². The number of ether oxygens (including phenoxy) is 1. The zero-order valence-corrected chi connectivity index (χ0v) is 11.5. The summed E-state index contributed by atoms with van der Waals surface area (Å²) in [6, 6.07) is 5.67. The molecule has 0 spiro atoms. The van der Waals surface area contributed by atoms with E-state index in [1.807, 2.05) is 18.2 Å². The molecule has 4 heteroatoms. The second-order valence-electron chi connectivity index (χ2n) is 4.84. The fraction of sp³-hybridized carbons (Fsp3) is 0.500. The standard InChI is InChI=1S/C14H22N2O2/c1-9(2)11-5-6-13(18-4)12(8-11)16-14(17)7-10(3)15/h5-6,8-10H,7,15H2,1-4H3,(H,16,17). The molecule has 100 valence electrons. The quantitative estimate of drug-likeness (QED) is 0.844. The van der Waals surface area contributed by atoms with Crippen molar-refractivity contribution in [3.8, 4) is 5.75 Å². The van der Waals surface area contributed by atoms with Gasteiger partial charge in [0.2, 0.25) is 5.91 Å². The maximum absolute atomic E-state index is 11.7. The third-order valence-electron chi connectivity index (χ3n) is 2.67. The molecule has 0 bridgehead atoms. The van der Waals surface area contributed by atoms with Crippen LogP contribution in [0, 0.1) is 0 Å². The molecule has 0 aliphatic heterocycles. The van der Waals surface area contributed by atoms with Gasteiger partial charge in [0.05, 0.1) is 12.8 Å². The van der Waals surface area contributed by atoms with Gasteiger partial charge in [0.15, 0.2) is 0 Å². The topological polar surface area (TPSA) is 64.3 Å². The van der Waals surface area contributed by atoms with E-state index in [1.165, 1.54) is 0 Å². The molecule has 0 saturated heterocycles. The van der Waals surface area contributed by atoms with Crippen molar-refractivity contribution in [3.63, 3.8) is 0 Å². The second-order valence-corrected chi connectivity index (χ2v) is 4.84. The van der Waals surface area contributed by atoms with Gasteiger partial charge in [-0.1, -0.05) is 19.9 Å². The number of carbonyl (C=O) groups is 1. The summed E-state index contributed by atoms with van der Waals surface area (Å²) in [4.78, 5) is 11.7. The first-order valence-corrected chi connectivity index (χ1v) is 6.17. The monoisotopic (exact) mass is 250 g/mol. The van der Waals surface area contributed by atoms with Crippen LogP contribution in [-0.4, -0.2) is 19.1 Å². The van der Waals surface area contributed by atoms with Crippen LogP contribution in [0.1, 0.15) is 38.7 Å². The van der Waals surface area contributed by atoms with Gasteiger partial charge in [-0.3, -0.25) is 4.79 Å². The van der Waals surface area contributed by atoms with Crippen LogP contribution < -0.4 is 15.8 Å². The first-order chi connectivity index (χ1) is 8.43. The molecule has 18 heavy (non-hydrogen) atoms. The van der Waals surface area contributed by atoms with Crippen molar-refractivity contribution in [1.29, 1.82) is 0 Å². The van der Waals surface area contributed by atoms with Crippen molar-refractivity contribution in [2.24, 2.45) is 5.73 Å². The van der Waals surface area contributed by atoms with Crippen LogP contribution in [0.5, 0.6) is 5.75 Å². The molecule has 1 unspecified atom stereocenters. The molecule has 0 aromatic heterocycles. The van der Waals surface area contributed by atoms with E-state index in [0.29, 0.717) is 23.8 Å². The fourth-order valence-corrected chi connectivity index (χ4v) is 1.68. The Morgan fingerprint density at radius 1 is 1.39 bits per heavy atom. The lowest BCUT2D eigenvalue weighted by atomic mass is 10.0. The fourth-order valence-electron chi connectivity index (χ4n) is 1.68. The van der Waals surface area contributed by atoms with E-state index in [9.17, 15) is 4.79 Å². The summed E-state index contributed by atoms with van der Waals surface area (Å²) >= 11 is 0. The Kier molecular flexibility index (Phi) is 5.16. The summed E-state index contributed by atoms with van der Waals surface area (Å²) in [7, 11) is 1.59. The highest BCUT2D eigenvalue weighted by molar-refractivity contribution is 5.92. The van der Waals surface area contributed by atoms with Gasteiger partial charge in [0.1, 0.15) is 5.75 Å². The van der Waals surface area contributed by atoms with Crippen LogP contribution in [0.15, 0.2) is 18.2 Å². The van der Waals surface area contributed by atoms with Crippen LogP contribution >= 0.6 is 0 Å². The zero-order valence-electron chi connectivity index (χ0n) is 11.5. The minimum atomic E-state index is -0.149. The molecule has 1 atom stereocenters. The van der Waals surface area contributed by atoms with Gasteiger partial charge in [-0.05, 0) is 30.5 Å². The highest BCUT2D eigenvalue weighted by Gasteiger charge is 2.11. The summed E-state index contributed by atoms with van der Waals surface area (Å²) in [6.07, 6.45) is 0.301. The number of nitrogens with two attached hydrogens (primary N) is 1. The van der Waals surface area contributed by atoms with Crippen molar-refractivity contribution < 1.29 is 9.53 Å². The van der Waals surface area contributed by atoms with E-state index >= 15 is 0 Å². The molecule has 0 saturated carbocycles. The SMILES string of the molecule is COc1ccc(C(C)C)cc1NC(=O)CC(C)N. The third kappa shape index (κ3) is 4.04. The normalized spacial score (nSPS) is 12.3. The van der Waals surface area contributed by atoms with E-state index in [4.69, 9.17) is 10.5 Å². The average Bonchev–Trinajstić information content (AvgIpc) is 2.27. The minimum absolute atomic E-state index is 0.0933. The van der Waals surface area contributed by atoms with Crippen molar-refractivity contribution in [3.05, 3.63) is 23.8 Å². The van der Waals surface area contributed by atoms with Crippen molar-refractivity contribution in [2.75, 3.05) is 12.4 Å². The Morgan fingerprint density at radius 2 is 2.06 bits per heavy atom. The Balaban J connectivity index is 2.91. The molecule has 1 aromatic carbocycles. The van der Waals surface area contributed by atoms with Crippen molar-refractivity contribution in [1.82, 2.24) is 0 Å². The summed E-state index contributed by atoms with van der Waals surface area (Å²) < 4.78 is 5.24. The molecule has 0 heterocycles. The molecular formula is C14H22N2O2. The number of rotatable bonds is 5. The maximum atomic E-state index is 11.7. The van der Waals surface area contributed by atoms with Gasteiger partial charge in [-0.15, -0.1) is 0 Å². The average molecular weight is 250 g/mol. The number of anilines is 1. The van der Waals surface area contributed by atoms with E-state index in [1.54, 1.807) is 14.0 Å². The Morgan fingerprint density at radius 3 is 2.56 bits per heavy atom. The van der Waals surface area contributed by atoms with E-state index in [-0.39, 0.29) is 11.9 Å². The minimum Gasteiger partial charge on any atom is -0.495 e. The summed E-state index contributed by atoms with van der Waals surface area (Å²) in [6.45, 7) is 6.02. The Labute approximate surface area is 109 Å². The third-order valence-corrected chi connectivity index (χ3v) is 2.67. The molecule has 4 nitrogen and oxygen atoms in total. The molecule has 0 fully saturated rings. The lowest BCUT2D eigenvalue weighted by molar-refractivity contribution is -0.116. The number of nitrogens with one attached hydrogen (secondary N) is 1. The van der Waals surface area contributed by atoms with E-state index in [2.05, 4.69) is 19.2 Å². The number of hydrogen-bond acceptors (Lipinski definition) is 3. The number of carbonyl (C=O) groups excluding carboxylic acids is 1. The van der Waals surface area contributed by atoms with Crippen LogP contribution in [-0.2, 0) is 4.79 Å². The Hall–Kier alpha value is -1.55. The lowest BCUT2D eigenvalue weighted by Crippen LogP contribution is -2.24. The molecule has 0 aliphatic rings. The summed E-state index contributed by atoms with van der Waals surface area (Å²) in [5, 5.41) is 2.84. The van der Waals surface area contributed by atoms with E-state index in [0.717, 1.165) is 5.56 Å². The van der Waals surface area contributed by atoms with Gasteiger partial charge >= 0.3 is 0 Å². The zero-order chi connectivity index (χ0) is 13.7. The summed E-state index contributed by atoms with van der Waals surface area (Å²) in [5.41, 5.74) is 7.47. The number of methoxy groups -OCH3 is 1. The van der Waals surface area contributed by atoms with Gasteiger partial charge < -0.3 is 15.8 Å². The molecule has 1 aromatic rings. The largest absolute Gasteiger partial charge is 0.495 e. The molecular weight excluding hydrogens is 228 g/mol. The molecule has 1 amide bonds. The predicted molar refractivity (Wildman–Crippen MR) is 74.0 cm³/mol.